The van der Waals surface area contributed by atoms with Crippen LogP contribution >= 0.6 is 0 Å². The van der Waals surface area contributed by atoms with Crippen molar-refractivity contribution in [3.63, 3.8) is 0 Å². The highest BCUT2D eigenvalue weighted by atomic mass is 15.1. The number of nitrogens with zero attached hydrogens (tertiary/aromatic N) is 1. The van der Waals surface area contributed by atoms with Crippen LogP contribution in [0.5, 0.6) is 0 Å². The molecule has 0 aromatic carbocycles. The van der Waals surface area contributed by atoms with Crippen LogP contribution in [0.25, 0.3) is 0 Å². The molecule has 2 N–H and O–H groups in total. The third-order valence-electron chi connectivity index (χ3n) is 4.75. The van der Waals surface area contributed by atoms with Crippen molar-refractivity contribution in [3.05, 3.63) is 0 Å². The molecule has 1 saturated carbocycles. The van der Waals surface area contributed by atoms with Crippen LogP contribution in [0.1, 0.15) is 65.2 Å². The van der Waals surface area contributed by atoms with Crippen molar-refractivity contribution < 1.29 is 0 Å². The van der Waals surface area contributed by atoms with E-state index in [-0.39, 0.29) is 5.54 Å². The number of hydrogen-bond donors (Lipinski definition) is 1. The molecule has 0 bridgehead atoms. The molecule has 2 rings (SSSR count). The average Bonchev–Trinajstić information content (AvgIpc) is 2.26. The SMILES string of the molecule is CC1(C)CCCN(CCC2(N)CCCCC2)C1. The van der Waals surface area contributed by atoms with Gasteiger partial charge < -0.3 is 10.6 Å². The van der Waals surface area contributed by atoms with Crippen molar-refractivity contribution in [1.29, 1.82) is 0 Å². The van der Waals surface area contributed by atoms with Crippen LogP contribution in [0, 0.1) is 5.41 Å². The lowest BCUT2D eigenvalue weighted by Gasteiger charge is -2.41. The number of hydrogen-bond acceptors (Lipinski definition) is 2. The molecule has 0 spiro atoms. The molecule has 2 fully saturated rings. The summed E-state index contributed by atoms with van der Waals surface area (Å²) in [5.74, 6) is 0. The molecule has 0 unspecified atom stereocenters. The Morgan fingerprint density at radius 1 is 1.00 bits per heavy atom. The molecule has 17 heavy (non-hydrogen) atoms. The molecule has 2 heteroatoms. The Morgan fingerprint density at radius 2 is 1.71 bits per heavy atom. The van der Waals surface area contributed by atoms with Gasteiger partial charge in [0, 0.05) is 12.1 Å². The number of rotatable bonds is 3. The second kappa shape index (κ2) is 5.27. The molecular formula is C15H30N2. The Bertz CT molecular complexity index is 241. The highest BCUT2D eigenvalue weighted by Gasteiger charge is 2.30. The lowest BCUT2D eigenvalue weighted by molar-refractivity contribution is 0.104. The first-order valence-corrected chi connectivity index (χ1v) is 7.51. The number of piperidine rings is 1. The van der Waals surface area contributed by atoms with Crippen molar-refractivity contribution in [2.24, 2.45) is 11.1 Å². The maximum atomic E-state index is 6.52. The third-order valence-corrected chi connectivity index (χ3v) is 4.75. The molecule has 0 atom stereocenters. The zero-order valence-corrected chi connectivity index (χ0v) is 11.8. The van der Waals surface area contributed by atoms with E-state index in [2.05, 4.69) is 18.7 Å². The van der Waals surface area contributed by atoms with Gasteiger partial charge >= 0.3 is 0 Å². The smallest absolute Gasteiger partial charge is 0.0166 e. The highest BCUT2D eigenvalue weighted by molar-refractivity contribution is 4.89. The minimum Gasteiger partial charge on any atom is -0.325 e. The average molecular weight is 238 g/mol. The van der Waals surface area contributed by atoms with Gasteiger partial charge in [-0.15, -0.1) is 0 Å². The first kappa shape index (κ1) is 13.4. The highest BCUT2D eigenvalue weighted by Crippen LogP contribution is 2.31. The normalized spacial score (nSPS) is 29.1. The fourth-order valence-electron chi connectivity index (χ4n) is 3.62. The molecule has 0 amide bonds. The first-order chi connectivity index (χ1) is 7.99. The molecule has 2 aliphatic rings. The largest absolute Gasteiger partial charge is 0.325 e. The number of nitrogens with two attached hydrogens (primary N) is 1. The zero-order chi connectivity index (χ0) is 12.4. The van der Waals surface area contributed by atoms with E-state index in [0.717, 1.165) is 0 Å². The summed E-state index contributed by atoms with van der Waals surface area (Å²) in [4.78, 5) is 2.65. The molecule has 0 aromatic rings. The fraction of sp³-hybridized carbons (Fsp3) is 1.00. The van der Waals surface area contributed by atoms with E-state index in [9.17, 15) is 0 Å². The molecule has 100 valence electrons. The Hall–Kier alpha value is -0.0800. The van der Waals surface area contributed by atoms with Crippen molar-refractivity contribution >= 4 is 0 Å². The van der Waals surface area contributed by atoms with Gasteiger partial charge in [0.2, 0.25) is 0 Å². The van der Waals surface area contributed by atoms with Crippen LogP contribution in [0.15, 0.2) is 0 Å². The number of likely N-dealkylation sites (tertiary alicyclic amines) is 1. The topological polar surface area (TPSA) is 29.3 Å². The van der Waals surface area contributed by atoms with Crippen LogP contribution in [0.4, 0.5) is 0 Å². The Balaban J connectivity index is 1.77. The van der Waals surface area contributed by atoms with E-state index in [4.69, 9.17) is 5.73 Å². The molecule has 1 saturated heterocycles. The van der Waals surface area contributed by atoms with Crippen molar-refractivity contribution in [2.45, 2.75) is 70.8 Å². The molecule has 1 heterocycles. The summed E-state index contributed by atoms with van der Waals surface area (Å²) in [6.45, 7) is 8.58. The Labute approximate surface area is 107 Å². The third kappa shape index (κ3) is 3.96. The van der Waals surface area contributed by atoms with E-state index in [0.29, 0.717) is 5.41 Å². The quantitative estimate of drug-likeness (QED) is 0.818. The maximum Gasteiger partial charge on any atom is 0.0166 e. The lowest BCUT2D eigenvalue weighted by atomic mass is 9.79. The standard InChI is InChI=1S/C15H30N2/c1-14(2)7-6-11-17(13-14)12-10-15(16)8-4-3-5-9-15/h3-13,16H2,1-2H3. The first-order valence-electron chi connectivity index (χ1n) is 7.51. The summed E-state index contributed by atoms with van der Waals surface area (Å²) in [5, 5.41) is 0. The second-order valence-corrected chi connectivity index (χ2v) is 7.22. The van der Waals surface area contributed by atoms with Gasteiger partial charge in [-0.25, -0.2) is 0 Å². The van der Waals surface area contributed by atoms with E-state index in [1.165, 1.54) is 71.0 Å². The Morgan fingerprint density at radius 3 is 2.35 bits per heavy atom. The molecule has 1 aliphatic carbocycles. The van der Waals surface area contributed by atoms with Crippen molar-refractivity contribution in [1.82, 2.24) is 4.90 Å². The van der Waals surface area contributed by atoms with Crippen LogP contribution in [0.2, 0.25) is 0 Å². The lowest BCUT2D eigenvalue weighted by Crippen LogP contribution is -2.47. The summed E-state index contributed by atoms with van der Waals surface area (Å²) in [5.41, 5.74) is 7.20. The van der Waals surface area contributed by atoms with Crippen LogP contribution in [0.3, 0.4) is 0 Å². The van der Waals surface area contributed by atoms with Crippen molar-refractivity contribution in [2.75, 3.05) is 19.6 Å². The van der Waals surface area contributed by atoms with Gasteiger partial charge in [-0.1, -0.05) is 33.1 Å². The molecule has 0 radical (unpaired) electrons. The van der Waals surface area contributed by atoms with Crippen LogP contribution in [-0.4, -0.2) is 30.1 Å². The van der Waals surface area contributed by atoms with Gasteiger partial charge in [-0.2, -0.15) is 0 Å². The van der Waals surface area contributed by atoms with Crippen LogP contribution in [-0.2, 0) is 0 Å². The van der Waals surface area contributed by atoms with Crippen LogP contribution < -0.4 is 5.73 Å². The fourth-order valence-corrected chi connectivity index (χ4v) is 3.62. The van der Waals surface area contributed by atoms with E-state index >= 15 is 0 Å². The summed E-state index contributed by atoms with van der Waals surface area (Å²) < 4.78 is 0. The van der Waals surface area contributed by atoms with E-state index in [1.54, 1.807) is 0 Å². The van der Waals surface area contributed by atoms with Crippen molar-refractivity contribution in [3.8, 4) is 0 Å². The monoisotopic (exact) mass is 238 g/mol. The molecule has 0 aromatic heterocycles. The zero-order valence-electron chi connectivity index (χ0n) is 11.8. The minimum atomic E-state index is 0.167. The maximum absolute atomic E-state index is 6.52. The summed E-state index contributed by atoms with van der Waals surface area (Å²) >= 11 is 0. The molecule has 1 aliphatic heterocycles. The summed E-state index contributed by atoms with van der Waals surface area (Å²) in [7, 11) is 0. The van der Waals surface area contributed by atoms with Gasteiger partial charge in [0.1, 0.15) is 0 Å². The summed E-state index contributed by atoms with van der Waals surface area (Å²) in [6.07, 6.45) is 10.6. The summed E-state index contributed by atoms with van der Waals surface area (Å²) in [6, 6.07) is 0. The Kier molecular flexibility index (Phi) is 4.14. The van der Waals surface area contributed by atoms with Gasteiger partial charge in [0.05, 0.1) is 0 Å². The predicted octanol–water partition coefficient (Wildman–Crippen LogP) is 3.16. The second-order valence-electron chi connectivity index (χ2n) is 7.22. The van der Waals surface area contributed by atoms with E-state index < -0.39 is 0 Å². The molecular weight excluding hydrogens is 208 g/mol. The van der Waals surface area contributed by atoms with Gasteiger partial charge in [-0.05, 0) is 50.6 Å². The molecule has 2 nitrogen and oxygen atoms in total. The minimum absolute atomic E-state index is 0.167. The van der Waals surface area contributed by atoms with Gasteiger partial charge in [-0.3, -0.25) is 0 Å². The van der Waals surface area contributed by atoms with Gasteiger partial charge in [0.25, 0.3) is 0 Å². The van der Waals surface area contributed by atoms with E-state index in [1.807, 2.05) is 0 Å². The van der Waals surface area contributed by atoms with Gasteiger partial charge in [0.15, 0.2) is 0 Å². The predicted molar refractivity (Wildman–Crippen MR) is 74.1 cm³/mol.